The van der Waals surface area contributed by atoms with Crippen LogP contribution in [0.5, 0.6) is 0 Å². The third-order valence-electron chi connectivity index (χ3n) is 27.7. The standard InChI is InChI=1S/2C48H31N3.C30H20N2/c1-3-13-34(14-4-1)49-43-20-10-7-17-37(43)40-29-33(25-28-46(40)49)32-23-26-36(27-24-32)51-45-22-12-9-19-39(45)42-30-41-38-18-8-11-21-44(38)50(47(41)31-48(42)51)35-15-5-2-6-16-35;1-2-13-32(14-3-1)33-15-12-16-34(29-33)51-45-23-10-6-19-39(45)41-27-25-36(31-48(41)51)50-46-24-11-7-20-40(46)42-30-35(26-28-47(42)50)49-43-21-8-4-17-37(43)38-18-5-9-22-44(38)49;1-3-11-21(12-4-1)31-27-17-9-7-15-23(27)25-19-26-24-16-8-10-18-28(24)32(30(26)20-29(25)31)22-13-5-2-6-14-22/h2*1-31H;1-20H. The van der Waals surface area contributed by atoms with Crippen molar-refractivity contribution < 1.29 is 0 Å². The Balaban J connectivity index is 0.000000105. The van der Waals surface area contributed by atoms with E-state index < -0.39 is 0 Å². The first-order chi connectivity index (χ1) is 66.5. The van der Waals surface area contributed by atoms with E-state index in [9.17, 15) is 0 Å². The number of hydrogen-bond acceptors (Lipinski definition) is 0. The van der Waals surface area contributed by atoms with Crippen molar-refractivity contribution in [2.24, 2.45) is 0 Å². The van der Waals surface area contributed by atoms with Crippen LogP contribution in [0.2, 0.25) is 0 Å². The second kappa shape index (κ2) is 30.9. The Hall–Kier alpha value is -18.0. The van der Waals surface area contributed by atoms with E-state index in [1.165, 1.54) is 219 Å². The van der Waals surface area contributed by atoms with Crippen LogP contribution in [-0.4, -0.2) is 36.5 Å². The summed E-state index contributed by atoms with van der Waals surface area (Å²) < 4.78 is 19.2. The summed E-state index contributed by atoms with van der Waals surface area (Å²) in [4.78, 5) is 0. The maximum Gasteiger partial charge on any atom is 0.0562 e. The lowest BCUT2D eigenvalue weighted by atomic mass is 10.0. The van der Waals surface area contributed by atoms with Gasteiger partial charge in [-0.3, -0.25) is 0 Å². The topological polar surface area (TPSA) is 39.4 Å². The minimum absolute atomic E-state index is 1.14. The number of nitrogens with zero attached hydrogens (tertiary/aromatic N) is 8. The first kappa shape index (κ1) is 76.1. The summed E-state index contributed by atoms with van der Waals surface area (Å²) in [5, 5.41) is 20.2. The SMILES string of the molecule is c1ccc(-c2cccc(-n3c4ccccc4c4ccc(-n5c6ccccc6c6cc(-n7c8ccccc8c8ccccc87)ccc65)cc43)c2)cc1.c1ccc(-n2c3ccccc3c3cc(-c4ccc(-n5c6ccccc6c6cc7c8ccccc8n(-c8ccccc8)c7cc65)cc4)ccc32)cc1.c1ccc(-n2c3ccccc3c3cc4c5ccccc5n(-c5ccccc5)c4cc32)cc1. The van der Waals surface area contributed by atoms with Gasteiger partial charge >= 0.3 is 0 Å². The number of benzene rings is 21. The van der Waals surface area contributed by atoms with Gasteiger partial charge in [-0.25, -0.2) is 0 Å². The molecule has 0 atom stereocenters. The van der Waals surface area contributed by atoms with Crippen molar-refractivity contribution in [3.63, 3.8) is 0 Å². The highest BCUT2D eigenvalue weighted by Gasteiger charge is 2.25. The molecule has 0 saturated carbocycles. The molecule has 0 amide bonds. The summed E-state index contributed by atoms with van der Waals surface area (Å²) in [6.07, 6.45) is 0. The fourth-order valence-electron chi connectivity index (χ4n) is 21.9. The fraction of sp³-hybridized carbons (Fsp3) is 0. The van der Waals surface area contributed by atoms with E-state index in [1.807, 2.05) is 0 Å². The summed E-state index contributed by atoms with van der Waals surface area (Å²) in [5.41, 5.74) is 33.5. The van der Waals surface area contributed by atoms with E-state index in [1.54, 1.807) is 0 Å². The molecule has 8 aromatic heterocycles. The summed E-state index contributed by atoms with van der Waals surface area (Å²) >= 11 is 0. The van der Waals surface area contributed by atoms with Gasteiger partial charge in [0.2, 0.25) is 0 Å². The molecule has 8 heteroatoms. The average Bonchev–Trinajstić information content (AvgIpc) is 1.53. The second-order valence-corrected chi connectivity index (χ2v) is 35.1. The number of rotatable bonds is 10. The zero-order valence-electron chi connectivity index (χ0n) is 72.9. The molecule has 21 aromatic carbocycles. The molecule has 0 radical (unpaired) electrons. The van der Waals surface area contributed by atoms with Crippen LogP contribution in [0.15, 0.2) is 497 Å². The van der Waals surface area contributed by atoms with Crippen molar-refractivity contribution in [3.8, 4) is 67.8 Å². The van der Waals surface area contributed by atoms with Crippen LogP contribution in [0, 0.1) is 0 Å². The van der Waals surface area contributed by atoms with Crippen LogP contribution in [0.3, 0.4) is 0 Å². The van der Waals surface area contributed by atoms with Crippen LogP contribution in [0.25, 0.3) is 242 Å². The molecule has 0 aliphatic carbocycles. The molecule has 0 spiro atoms. The highest BCUT2D eigenvalue weighted by molar-refractivity contribution is 6.22. The normalized spacial score (nSPS) is 11.9. The maximum atomic E-state index is 2.43. The van der Waals surface area contributed by atoms with Crippen LogP contribution in [0.4, 0.5) is 0 Å². The van der Waals surface area contributed by atoms with E-state index in [-0.39, 0.29) is 0 Å². The Morgan fingerprint density at radius 3 is 0.642 bits per heavy atom. The number of hydrogen-bond donors (Lipinski definition) is 0. The molecule has 29 aromatic rings. The van der Waals surface area contributed by atoms with Gasteiger partial charge in [-0.2, -0.15) is 0 Å². The molecule has 0 aliphatic heterocycles. The lowest BCUT2D eigenvalue weighted by Crippen LogP contribution is -1.98. The van der Waals surface area contributed by atoms with E-state index in [0.29, 0.717) is 0 Å². The van der Waals surface area contributed by atoms with Gasteiger partial charge < -0.3 is 36.5 Å². The molecule has 0 saturated heterocycles. The second-order valence-electron chi connectivity index (χ2n) is 35.1. The molecular formula is C126H82N8. The van der Waals surface area contributed by atoms with Gasteiger partial charge in [-0.1, -0.05) is 303 Å². The zero-order chi connectivity index (χ0) is 88.0. The summed E-state index contributed by atoms with van der Waals surface area (Å²) in [6, 6.07) is 180. The highest BCUT2D eigenvalue weighted by Crippen LogP contribution is 2.46. The summed E-state index contributed by atoms with van der Waals surface area (Å²) in [6.45, 7) is 0. The third-order valence-corrected chi connectivity index (χ3v) is 27.7. The van der Waals surface area contributed by atoms with Crippen LogP contribution >= 0.6 is 0 Å². The first-order valence-corrected chi connectivity index (χ1v) is 46.0. The Morgan fingerprint density at radius 1 is 0.0821 bits per heavy atom. The molecule has 134 heavy (non-hydrogen) atoms. The van der Waals surface area contributed by atoms with Crippen molar-refractivity contribution in [1.82, 2.24) is 36.5 Å². The summed E-state index contributed by atoms with van der Waals surface area (Å²) in [5.74, 6) is 0. The van der Waals surface area contributed by atoms with E-state index in [4.69, 9.17) is 0 Å². The minimum atomic E-state index is 1.14. The lowest BCUT2D eigenvalue weighted by Gasteiger charge is -2.13. The van der Waals surface area contributed by atoms with Crippen molar-refractivity contribution in [1.29, 1.82) is 0 Å². The van der Waals surface area contributed by atoms with E-state index in [0.717, 1.165) is 22.7 Å². The van der Waals surface area contributed by atoms with Gasteiger partial charge in [0.1, 0.15) is 0 Å². The molecule has 626 valence electrons. The molecule has 0 bridgehead atoms. The summed E-state index contributed by atoms with van der Waals surface area (Å²) in [7, 11) is 0. The van der Waals surface area contributed by atoms with Gasteiger partial charge in [0.25, 0.3) is 0 Å². The predicted octanol–water partition coefficient (Wildman–Crippen LogP) is 33.2. The van der Waals surface area contributed by atoms with E-state index >= 15 is 0 Å². The average molecular weight is 1710 g/mol. The molecule has 29 rings (SSSR count). The fourth-order valence-corrected chi connectivity index (χ4v) is 21.9. The molecular weight excluding hydrogens is 1630 g/mol. The molecule has 0 aliphatic rings. The Kier molecular flexibility index (Phi) is 17.5. The lowest BCUT2D eigenvalue weighted by molar-refractivity contribution is 1.15. The van der Waals surface area contributed by atoms with Crippen molar-refractivity contribution in [3.05, 3.63) is 497 Å². The largest absolute Gasteiger partial charge is 0.309 e. The Labute approximate surface area is 770 Å². The quantitative estimate of drug-likeness (QED) is 0.131. The van der Waals surface area contributed by atoms with Gasteiger partial charge in [0.05, 0.1) is 88.3 Å². The van der Waals surface area contributed by atoms with Crippen molar-refractivity contribution >= 4 is 174 Å². The van der Waals surface area contributed by atoms with Crippen molar-refractivity contribution in [2.75, 3.05) is 0 Å². The Morgan fingerprint density at radius 2 is 0.276 bits per heavy atom. The third kappa shape index (κ3) is 12.0. The zero-order valence-corrected chi connectivity index (χ0v) is 72.9. The first-order valence-electron chi connectivity index (χ1n) is 46.0. The van der Waals surface area contributed by atoms with Crippen molar-refractivity contribution in [2.45, 2.75) is 0 Å². The van der Waals surface area contributed by atoms with Crippen LogP contribution < -0.4 is 0 Å². The molecule has 0 fully saturated rings. The predicted molar refractivity (Wildman–Crippen MR) is 565 cm³/mol. The number of fused-ring (bicyclic) bond motifs is 24. The monoisotopic (exact) mass is 1710 g/mol. The minimum Gasteiger partial charge on any atom is -0.309 e. The highest BCUT2D eigenvalue weighted by atomic mass is 15.0. The van der Waals surface area contributed by atoms with Gasteiger partial charge in [0, 0.05) is 132 Å². The van der Waals surface area contributed by atoms with E-state index in [2.05, 4.69) is 534 Å². The van der Waals surface area contributed by atoms with Gasteiger partial charge in [0.15, 0.2) is 0 Å². The molecule has 0 unspecified atom stereocenters. The van der Waals surface area contributed by atoms with Crippen LogP contribution in [0.1, 0.15) is 0 Å². The number of para-hydroxylation sites is 13. The van der Waals surface area contributed by atoms with Crippen LogP contribution in [-0.2, 0) is 0 Å². The van der Waals surface area contributed by atoms with Gasteiger partial charge in [-0.05, 0) is 216 Å². The smallest absolute Gasteiger partial charge is 0.0562 e. The van der Waals surface area contributed by atoms with Gasteiger partial charge in [-0.15, -0.1) is 0 Å². The maximum absolute atomic E-state index is 2.43. The molecule has 8 nitrogen and oxygen atoms in total. The molecule has 0 N–H and O–H groups in total. The Bertz CT molecular complexity index is 9560. The molecule has 8 heterocycles. The number of aromatic nitrogens is 8.